The van der Waals surface area contributed by atoms with E-state index < -0.39 is 5.69 Å². The number of nitrogens with zero attached hydrogens (tertiary/aromatic N) is 3. The first kappa shape index (κ1) is 16.3. The van der Waals surface area contributed by atoms with Gasteiger partial charge in [-0.2, -0.15) is 0 Å². The third-order valence-electron chi connectivity index (χ3n) is 4.81. The molecular weight excluding hydrogens is 326 g/mol. The van der Waals surface area contributed by atoms with Crippen molar-refractivity contribution in [3.05, 3.63) is 100 Å². The van der Waals surface area contributed by atoms with Crippen molar-refractivity contribution < 1.29 is 4.79 Å². The van der Waals surface area contributed by atoms with Gasteiger partial charge in [-0.05, 0) is 29.2 Å². The van der Waals surface area contributed by atoms with E-state index in [0.717, 1.165) is 17.5 Å². The van der Waals surface area contributed by atoms with Gasteiger partial charge in [0, 0.05) is 18.9 Å². The number of fused-ring (bicyclic) bond motifs is 1. The number of hydrogen-bond acceptors (Lipinski definition) is 3. The number of hydrogen-bond donors (Lipinski definition) is 0. The summed E-state index contributed by atoms with van der Waals surface area (Å²) in [5.41, 5.74) is 3.09. The zero-order valence-electron chi connectivity index (χ0n) is 14.3. The second-order valence-corrected chi connectivity index (χ2v) is 6.38. The molecule has 26 heavy (non-hydrogen) atoms. The van der Waals surface area contributed by atoms with Crippen molar-refractivity contribution in [2.24, 2.45) is 0 Å². The molecule has 2 heterocycles. The molecule has 0 aliphatic carbocycles. The Morgan fingerprint density at radius 3 is 2.62 bits per heavy atom. The molecule has 1 aromatic heterocycles. The fourth-order valence-electron chi connectivity index (χ4n) is 3.57. The number of aromatic nitrogens is 2. The van der Waals surface area contributed by atoms with Crippen molar-refractivity contribution in [3.63, 3.8) is 0 Å². The van der Waals surface area contributed by atoms with Gasteiger partial charge < -0.3 is 4.90 Å². The van der Waals surface area contributed by atoms with Crippen molar-refractivity contribution in [2.75, 3.05) is 6.54 Å². The highest BCUT2D eigenvalue weighted by Gasteiger charge is 2.31. The van der Waals surface area contributed by atoms with Crippen molar-refractivity contribution in [1.82, 2.24) is 14.5 Å². The quantitative estimate of drug-likeness (QED) is 0.732. The molecule has 0 spiro atoms. The van der Waals surface area contributed by atoms with Gasteiger partial charge in [-0.3, -0.25) is 9.36 Å². The Morgan fingerprint density at radius 2 is 1.81 bits per heavy atom. The molecule has 1 aliphatic rings. The smallest absolute Gasteiger partial charge is 0.330 e. The van der Waals surface area contributed by atoms with Gasteiger partial charge in [0.1, 0.15) is 6.54 Å². The Kier molecular flexibility index (Phi) is 4.35. The van der Waals surface area contributed by atoms with E-state index in [1.54, 1.807) is 12.3 Å². The van der Waals surface area contributed by atoms with Gasteiger partial charge in [0.15, 0.2) is 0 Å². The summed E-state index contributed by atoms with van der Waals surface area (Å²) >= 11 is 0. The van der Waals surface area contributed by atoms with Crippen molar-refractivity contribution in [3.8, 4) is 0 Å². The zero-order chi connectivity index (χ0) is 17.9. The van der Waals surface area contributed by atoms with Crippen LogP contribution in [0.25, 0.3) is 0 Å². The molecular formula is C21H19N3O2. The monoisotopic (exact) mass is 345 g/mol. The molecule has 2 aromatic carbocycles. The summed E-state index contributed by atoms with van der Waals surface area (Å²) in [6.07, 6.45) is 3.85. The van der Waals surface area contributed by atoms with Gasteiger partial charge >= 0.3 is 5.69 Å². The normalized spacial score (nSPS) is 16.2. The Balaban J connectivity index is 1.71. The molecule has 0 radical (unpaired) electrons. The average Bonchev–Trinajstić information content (AvgIpc) is 2.69. The summed E-state index contributed by atoms with van der Waals surface area (Å²) < 4.78 is 1.35. The first-order valence-electron chi connectivity index (χ1n) is 8.68. The molecule has 5 nitrogen and oxygen atoms in total. The molecule has 5 heteroatoms. The Labute approximate surface area is 151 Å². The van der Waals surface area contributed by atoms with Crippen molar-refractivity contribution in [2.45, 2.75) is 19.0 Å². The number of rotatable bonds is 3. The number of benzene rings is 2. The van der Waals surface area contributed by atoms with E-state index in [0.29, 0.717) is 6.54 Å². The van der Waals surface area contributed by atoms with E-state index in [9.17, 15) is 9.59 Å². The Hall–Kier alpha value is -3.21. The second kappa shape index (κ2) is 6.96. The second-order valence-electron chi connectivity index (χ2n) is 6.38. The van der Waals surface area contributed by atoms with Crippen LogP contribution in [0.1, 0.15) is 22.7 Å². The molecule has 1 aliphatic heterocycles. The predicted octanol–water partition coefficient (Wildman–Crippen LogP) is 2.42. The van der Waals surface area contributed by atoms with Crippen LogP contribution in [0.5, 0.6) is 0 Å². The standard InChI is InChI=1S/C21H19N3O2/c25-19(15-23-13-6-12-22-21(23)26)24-14-11-16-7-4-5-10-18(16)20(24)17-8-2-1-3-9-17/h1-10,12-13,20H,11,14-15H2/t20-/m1/s1. The summed E-state index contributed by atoms with van der Waals surface area (Å²) in [6, 6.07) is 19.8. The highest BCUT2D eigenvalue weighted by molar-refractivity contribution is 5.77. The summed E-state index contributed by atoms with van der Waals surface area (Å²) in [5, 5.41) is 0. The number of amides is 1. The fraction of sp³-hybridized carbons (Fsp3) is 0.190. The largest absolute Gasteiger partial charge is 0.347 e. The molecule has 1 amide bonds. The molecule has 0 bridgehead atoms. The third kappa shape index (κ3) is 3.04. The van der Waals surface area contributed by atoms with Crippen LogP contribution < -0.4 is 5.69 Å². The van der Waals surface area contributed by atoms with Crippen LogP contribution in [-0.2, 0) is 17.8 Å². The van der Waals surface area contributed by atoms with E-state index in [2.05, 4.69) is 17.1 Å². The van der Waals surface area contributed by atoms with E-state index in [1.165, 1.54) is 16.3 Å². The highest BCUT2D eigenvalue weighted by Crippen LogP contribution is 2.35. The SMILES string of the molecule is O=C(Cn1cccnc1=O)N1CCc2ccccc2[C@H]1c1ccccc1. The molecule has 0 saturated heterocycles. The van der Waals surface area contributed by atoms with Gasteiger partial charge in [0.25, 0.3) is 0 Å². The van der Waals surface area contributed by atoms with E-state index >= 15 is 0 Å². The lowest BCUT2D eigenvalue weighted by Gasteiger charge is -2.38. The van der Waals surface area contributed by atoms with E-state index in [4.69, 9.17) is 0 Å². The van der Waals surface area contributed by atoms with Gasteiger partial charge in [-0.15, -0.1) is 0 Å². The van der Waals surface area contributed by atoms with Gasteiger partial charge in [-0.1, -0.05) is 54.6 Å². The minimum absolute atomic E-state index is 0.00181. The Morgan fingerprint density at radius 1 is 1.04 bits per heavy atom. The van der Waals surface area contributed by atoms with Crippen LogP contribution in [0, 0.1) is 0 Å². The minimum Gasteiger partial charge on any atom is -0.330 e. The topological polar surface area (TPSA) is 55.2 Å². The molecule has 0 fully saturated rings. The van der Waals surface area contributed by atoms with Crippen LogP contribution >= 0.6 is 0 Å². The van der Waals surface area contributed by atoms with Crippen LogP contribution in [0.4, 0.5) is 0 Å². The zero-order valence-corrected chi connectivity index (χ0v) is 14.3. The summed E-state index contributed by atoms with van der Waals surface area (Å²) in [7, 11) is 0. The maximum absolute atomic E-state index is 13.1. The van der Waals surface area contributed by atoms with Crippen LogP contribution in [-0.4, -0.2) is 26.9 Å². The first-order valence-corrected chi connectivity index (χ1v) is 8.68. The highest BCUT2D eigenvalue weighted by atomic mass is 16.2. The van der Waals surface area contributed by atoms with E-state index in [-0.39, 0.29) is 18.5 Å². The molecule has 1 atom stereocenters. The van der Waals surface area contributed by atoms with Crippen LogP contribution in [0.3, 0.4) is 0 Å². The summed E-state index contributed by atoms with van der Waals surface area (Å²) in [4.78, 5) is 30.5. The van der Waals surface area contributed by atoms with Crippen LogP contribution in [0.2, 0.25) is 0 Å². The Bertz CT molecular complexity index is 982. The predicted molar refractivity (Wildman–Crippen MR) is 98.6 cm³/mol. The maximum atomic E-state index is 13.1. The molecule has 130 valence electrons. The van der Waals surface area contributed by atoms with Gasteiger partial charge in [0.05, 0.1) is 6.04 Å². The molecule has 0 N–H and O–H groups in total. The van der Waals surface area contributed by atoms with Crippen LogP contribution in [0.15, 0.2) is 77.9 Å². The molecule has 4 rings (SSSR count). The number of carbonyl (C=O) groups excluding carboxylic acids is 1. The average molecular weight is 345 g/mol. The third-order valence-corrected chi connectivity index (χ3v) is 4.81. The van der Waals surface area contributed by atoms with E-state index in [1.807, 2.05) is 47.4 Å². The van der Waals surface area contributed by atoms with Gasteiger partial charge in [0.2, 0.25) is 5.91 Å². The lowest BCUT2D eigenvalue weighted by molar-refractivity contribution is -0.134. The summed E-state index contributed by atoms with van der Waals surface area (Å²) in [5.74, 6) is -0.0801. The number of carbonyl (C=O) groups is 1. The van der Waals surface area contributed by atoms with Gasteiger partial charge in [-0.25, -0.2) is 9.78 Å². The fourth-order valence-corrected chi connectivity index (χ4v) is 3.57. The summed E-state index contributed by atoms with van der Waals surface area (Å²) in [6.45, 7) is 0.628. The van der Waals surface area contributed by atoms with Crippen molar-refractivity contribution in [1.29, 1.82) is 0 Å². The first-order chi connectivity index (χ1) is 12.7. The lowest BCUT2D eigenvalue weighted by Crippen LogP contribution is -2.43. The maximum Gasteiger partial charge on any atom is 0.347 e. The molecule has 0 saturated carbocycles. The minimum atomic E-state index is -0.408. The lowest BCUT2D eigenvalue weighted by atomic mass is 9.88. The molecule has 3 aromatic rings. The molecule has 0 unspecified atom stereocenters. The van der Waals surface area contributed by atoms with Crippen molar-refractivity contribution >= 4 is 5.91 Å².